The van der Waals surface area contributed by atoms with Gasteiger partial charge in [0.25, 0.3) is 0 Å². The molecular formula is C15H16N2OS. The summed E-state index contributed by atoms with van der Waals surface area (Å²) in [5.41, 5.74) is 6.37. The van der Waals surface area contributed by atoms with Gasteiger partial charge in [0.2, 0.25) is 5.91 Å². The summed E-state index contributed by atoms with van der Waals surface area (Å²) in [4.78, 5) is 14.1. The van der Waals surface area contributed by atoms with E-state index in [1.54, 1.807) is 4.90 Å². The second-order valence-corrected chi connectivity index (χ2v) is 4.80. The van der Waals surface area contributed by atoms with Gasteiger partial charge in [0.15, 0.2) is 0 Å². The smallest absolute Gasteiger partial charge is 0.233 e. The van der Waals surface area contributed by atoms with Crippen LogP contribution >= 0.6 is 12.2 Å². The summed E-state index contributed by atoms with van der Waals surface area (Å²) >= 11 is 4.82. The molecule has 0 aliphatic heterocycles. The minimum Gasteiger partial charge on any atom is -0.393 e. The van der Waals surface area contributed by atoms with Crippen LogP contribution in [0, 0.1) is 0 Å². The van der Waals surface area contributed by atoms with Crippen LogP contribution in [0.1, 0.15) is 13.3 Å². The molecule has 0 radical (unpaired) electrons. The van der Waals surface area contributed by atoms with Crippen molar-refractivity contribution in [2.45, 2.75) is 13.3 Å². The van der Waals surface area contributed by atoms with Crippen LogP contribution < -0.4 is 10.6 Å². The summed E-state index contributed by atoms with van der Waals surface area (Å²) in [7, 11) is 0. The fraction of sp³-hybridized carbons (Fsp3) is 0.200. The lowest BCUT2D eigenvalue weighted by atomic mass is 10.1. The maximum Gasteiger partial charge on any atom is 0.233 e. The van der Waals surface area contributed by atoms with Crippen LogP contribution in [0.4, 0.5) is 5.69 Å². The summed E-state index contributed by atoms with van der Waals surface area (Å²) in [6.45, 7) is 2.54. The third-order valence-electron chi connectivity index (χ3n) is 3.00. The van der Waals surface area contributed by atoms with Crippen LogP contribution in [0.25, 0.3) is 10.8 Å². The Kier molecular flexibility index (Phi) is 4.12. The van der Waals surface area contributed by atoms with Crippen LogP contribution in [0.5, 0.6) is 0 Å². The van der Waals surface area contributed by atoms with E-state index in [1.165, 1.54) is 0 Å². The number of nitrogens with zero attached hydrogens (tertiary/aromatic N) is 1. The van der Waals surface area contributed by atoms with Crippen molar-refractivity contribution in [3.8, 4) is 0 Å². The van der Waals surface area contributed by atoms with E-state index in [4.69, 9.17) is 18.0 Å². The number of amides is 1. The summed E-state index contributed by atoms with van der Waals surface area (Å²) in [5.74, 6) is -0.0636. The predicted octanol–water partition coefficient (Wildman–Crippen LogP) is 2.87. The minimum absolute atomic E-state index is 0.0636. The number of anilines is 1. The number of benzene rings is 2. The molecule has 0 saturated heterocycles. The summed E-state index contributed by atoms with van der Waals surface area (Å²) in [6.07, 6.45) is 0.104. The van der Waals surface area contributed by atoms with E-state index >= 15 is 0 Å². The van der Waals surface area contributed by atoms with Gasteiger partial charge in [-0.2, -0.15) is 0 Å². The van der Waals surface area contributed by atoms with Gasteiger partial charge in [-0.05, 0) is 18.4 Å². The van der Waals surface area contributed by atoms with E-state index in [0.717, 1.165) is 16.5 Å². The lowest BCUT2D eigenvalue weighted by Gasteiger charge is -2.22. The molecule has 0 heterocycles. The predicted molar refractivity (Wildman–Crippen MR) is 83.4 cm³/mol. The van der Waals surface area contributed by atoms with Gasteiger partial charge in [0.1, 0.15) is 0 Å². The quantitative estimate of drug-likeness (QED) is 0.871. The second-order valence-electron chi connectivity index (χ2n) is 4.28. The highest BCUT2D eigenvalue weighted by Crippen LogP contribution is 2.27. The Balaban J connectivity index is 2.46. The monoisotopic (exact) mass is 272 g/mol. The first-order chi connectivity index (χ1) is 9.13. The van der Waals surface area contributed by atoms with Gasteiger partial charge >= 0.3 is 0 Å². The van der Waals surface area contributed by atoms with Crippen LogP contribution in [0.3, 0.4) is 0 Å². The van der Waals surface area contributed by atoms with Crippen LogP contribution in [0.2, 0.25) is 0 Å². The molecule has 3 nitrogen and oxygen atoms in total. The Labute approximate surface area is 118 Å². The largest absolute Gasteiger partial charge is 0.393 e. The molecule has 2 rings (SSSR count). The number of nitrogens with two attached hydrogens (primary N) is 1. The van der Waals surface area contributed by atoms with Gasteiger partial charge in [-0.1, -0.05) is 48.6 Å². The normalized spacial score (nSPS) is 10.4. The van der Waals surface area contributed by atoms with E-state index < -0.39 is 0 Å². The van der Waals surface area contributed by atoms with Gasteiger partial charge < -0.3 is 10.6 Å². The molecule has 0 aromatic heterocycles. The number of hydrogen-bond acceptors (Lipinski definition) is 2. The lowest BCUT2D eigenvalue weighted by Crippen LogP contribution is -2.33. The third-order valence-corrected chi connectivity index (χ3v) is 3.14. The molecular weight excluding hydrogens is 256 g/mol. The Morgan fingerprint density at radius 1 is 1.21 bits per heavy atom. The third kappa shape index (κ3) is 2.90. The first kappa shape index (κ1) is 13.5. The fourth-order valence-electron chi connectivity index (χ4n) is 2.17. The average Bonchev–Trinajstić information content (AvgIpc) is 2.39. The minimum atomic E-state index is -0.0636. The maximum atomic E-state index is 12.2. The SMILES string of the molecule is CCN(C(=O)CC(N)=S)c1cccc2ccccc12. The number of carbonyl (C=O) groups excluding carboxylic acids is 1. The Hall–Kier alpha value is -1.94. The fourth-order valence-corrected chi connectivity index (χ4v) is 2.29. The molecule has 0 aliphatic carbocycles. The molecule has 0 bridgehead atoms. The van der Waals surface area contributed by atoms with E-state index in [0.29, 0.717) is 6.54 Å². The van der Waals surface area contributed by atoms with Gasteiger partial charge in [-0.3, -0.25) is 4.79 Å². The molecule has 1 amide bonds. The Morgan fingerprint density at radius 2 is 1.89 bits per heavy atom. The summed E-state index contributed by atoms with van der Waals surface area (Å²) < 4.78 is 0. The van der Waals surface area contributed by atoms with E-state index in [1.807, 2.05) is 49.4 Å². The Bertz CT molecular complexity index is 619. The number of hydrogen-bond donors (Lipinski definition) is 1. The molecule has 0 unspecified atom stereocenters. The molecule has 0 atom stereocenters. The number of carbonyl (C=O) groups is 1. The van der Waals surface area contributed by atoms with Crippen LogP contribution in [-0.4, -0.2) is 17.4 Å². The standard InChI is InChI=1S/C15H16N2OS/c1-2-17(15(18)10-14(16)19)13-9-5-7-11-6-3-4-8-12(11)13/h3-9H,2,10H2,1H3,(H2,16,19). The molecule has 0 aliphatic rings. The van der Waals surface area contributed by atoms with Crippen molar-refractivity contribution in [1.29, 1.82) is 0 Å². The maximum absolute atomic E-state index is 12.2. The van der Waals surface area contributed by atoms with E-state index in [-0.39, 0.29) is 17.3 Å². The van der Waals surface area contributed by atoms with Gasteiger partial charge in [-0.25, -0.2) is 0 Å². The van der Waals surface area contributed by atoms with Crippen molar-refractivity contribution in [1.82, 2.24) is 0 Å². The molecule has 0 spiro atoms. The molecule has 2 aromatic carbocycles. The highest BCUT2D eigenvalue weighted by atomic mass is 32.1. The molecule has 2 aromatic rings. The highest BCUT2D eigenvalue weighted by Gasteiger charge is 2.16. The van der Waals surface area contributed by atoms with Gasteiger partial charge in [0, 0.05) is 11.9 Å². The van der Waals surface area contributed by atoms with Crippen LogP contribution in [-0.2, 0) is 4.79 Å². The molecule has 19 heavy (non-hydrogen) atoms. The molecule has 4 heteroatoms. The average molecular weight is 272 g/mol. The van der Waals surface area contributed by atoms with Crippen LogP contribution in [0.15, 0.2) is 42.5 Å². The first-order valence-corrected chi connectivity index (χ1v) is 6.60. The molecule has 0 saturated carbocycles. The number of thiocarbonyl (C=S) groups is 1. The van der Waals surface area contributed by atoms with Crippen molar-refractivity contribution in [3.63, 3.8) is 0 Å². The van der Waals surface area contributed by atoms with Gasteiger partial charge in [0.05, 0.1) is 17.1 Å². The van der Waals surface area contributed by atoms with Crippen molar-refractivity contribution in [2.75, 3.05) is 11.4 Å². The van der Waals surface area contributed by atoms with Crippen molar-refractivity contribution >= 4 is 39.6 Å². The highest BCUT2D eigenvalue weighted by molar-refractivity contribution is 7.80. The van der Waals surface area contributed by atoms with Crippen molar-refractivity contribution < 1.29 is 4.79 Å². The summed E-state index contributed by atoms with van der Waals surface area (Å²) in [6, 6.07) is 13.9. The zero-order valence-electron chi connectivity index (χ0n) is 10.8. The number of fused-ring (bicyclic) bond motifs is 1. The number of rotatable bonds is 4. The zero-order chi connectivity index (χ0) is 13.8. The zero-order valence-corrected chi connectivity index (χ0v) is 11.6. The molecule has 0 fully saturated rings. The summed E-state index contributed by atoms with van der Waals surface area (Å²) in [5, 5.41) is 2.17. The van der Waals surface area contributed by atoms with Crippen molar-refractivity contribution in [2.24, 2.45) is 5.73 Å². The van der Waals surface area contributed by atoms with E-state index in [9.17, 15) is 4.79 Å². The Morgan fingerprint density at radius 3 is 2.58 bits per heavy atom. The lowest BCUT2D eigenvalue weighted by molar-refractivity contribution is -0.117. The van der Waals surface area contributed by atoms with Gasteiger partial charge in [-0.15, -0.1) is 0 Å². The molecule has 98 valence electrons. The molecule has 2 N–H and O–H groups in total. The topological polar surface area (TPSA) is 46.3 Å². The van der Waals surface area contributed by atoms with Crippen molar-refractivity contribution in [3.05, 3.63) is 42.5 Å². The first-order valence-electron chi connectivity index (χ1n) is 6.20. The second kappa shape index (κ2) is 5.80. The van der Waals surface area contributed by atoms with E-state index in [2.05, 4.69) is 0 Å².